The van der Waals surface area contributed by atoms with Crippen LogP contribution in [0.2, 0.25) is 0 Å². The third-order valence-electron chi connectivity index (χ3n) is 4.08. The lowest BCUT2D eigenvalue weighted by atomic mass is 10.1. The van der Waals surface area contributed by atoms with Crippen molar-refractivity contribution in [1.29, 1.82) is 0 Å². The molecule has 4 heteroatoms. The maximum Gasteiger partial charge on any atom is 0.140 e. The Balaban J connectivity index is 1.62. The molecule has 1 aromatic heterocycles. The fourth-order valence-corrected chi connectivity index (χ4v) is 2.85. The Morgan fingerprint density at radius 2 is 1.95 bits per heavy atom. The van der Waals surface area contributed by atoms with Crippen LogP contribution < -0.4 is 0 Å². The van der Waals surface area contributed by atoms with Crippen LogP contribution in [0.15, 0.2) is 36.7 Å². The second-order valence-corrected chi connectivity index (χ2v) is 5.57. The van der Waals surface area contributed by atoms with Gasteiger partial charge in [-0.15, -0.1) is 0 Å². The summed E-state index contributed by atoms with van der Waals surface area (Å²) >= 11 is 0. The molecular formula is C17H23N3O. The van der Waals surface area contributed by atoms with Gasteiger partial charge in [-0.25, -0.2) is 4.98 Å². The highest BCUT2D eigenvalue weighted by atomic mass is 16.5. The van der Waals surface area contributed by atoms with Crippen LogP contribution in [-0.2, 0) is 11.3 Å². The fourth-order valence-electron chi connectivity index (χ4n) is 2.85. The minimum atomic E-state index is 0.875. The molecule has 0 N–H and O–H groups in total. The van der Waals surface area contributed by atoms with Gasteiger partial charge in [-0.2, -0.15) is 0 Å². The Kier molecular flexibility index (Phi) is 4.68. The fraction of sp³-hybridized carbons (Fsp3) is 0.471. The molecule has 1 saturated heterocycles. The molecule has 3 rings (SSSR count). The summed E-state index contributed by atoms with van der Waals surface area (Å²) in [5, 5.41) is 0. The maximum absolute atomic E-state index is 5.39. The van der Waals surface area contributed by atoms with E-state index in [9.17, 15) is 0 Å². The van der Waals surface area contributed by atoms with Crippen molar-refractivity contribution in [2.75, 3.05) is 32.8 Å². The summed E-state index contributed by atoms with van der Waals surface area (Å²) in [4.78, 5) is 7.02. The second kappa shape index (κ2) is 6.87. The van der Waals surface area contributed by atoms with E-state index in [4.69, 9.17) is 4.74 Å². The molecule has 0 saturated carbocycles. The average Bonchev–Trinajstić information content (AvgIpc) is 2.97. The van der Waals surface area contributed by atoms with E-state index in [1.54, 1.807) is 0 Å². The van der Waals surface area contributed by atoms with E-state index in [1.165, 1.54) is 11.1 Å². The standard InChI is InChI=1S/C17H23N3O/c1-15-5-2-3-6-16(15)17-18-7-10-20(17)9-4-8-19-11-13-21-14-12-19/h2-3,5-7,10H,4,8-9,11-14H2,1H3. The zero-order chi connectivity index (χ0) is 14.5. The van der Waals surface area contributed by atoms with Crippen LogP contribution in [0.3, 0.4) is 0 Å². The summed E-state index contributed by atoms with van der Waals surface area (Å²) in [6.07, 6.45) is 5.13. The summed E-state index contributed by atoms with van der Waals surface area (Å²) < 4.78 is 7.65. The Bertz CT molecular complexity index is 573. The lowest BCUT2D eigenvalue weighted by Gasteiger charge is -2.26. The molecule has 0 amide bonds. The highest BCUT2D eigenvalue weighted by molar-refractivity contribution is 5.60. The number of hydrogen-bond acceptors (Lipinski definition) is 3. The van der Waals surface area contributed by atoms with Gasteiger partial charge in [-0.05, 0) is 18.9 Å². The van der Waals surface area contributed by atoms with Gasteiger partial charge in [-0.3, -0.25) is 4.90 Å². The molecule has 0 bridgehead atoms. The van der Waals surface area contributed by atoms with Crippen molar-refractivity contribution >= 4 is 0 Å². The van der Waals surface area contributed by atoms with Crippen molar-refractivity contribution in [2.24, 2.45) is 0 Å². The number of rotatable bonds is 5. The van der Waals surface area contributed by atoms with Crippen LogP contribution in [0.4, 0.5) is 0 Å². The molecule has 1 aromatic carbocycles. The molecule has 2 heterocycles. The van der Waals surface area contributed by atoms with Gasteiger partial charge in [0.2, 0.25) is 0 Å². The summed E-state index contributed by atoms with van der Waals surface area (Å²) in [5.41, 5.74) is 2.51. The predicted molar refractivity (Wildman–Crippen MR) is 84.3 cm³/mol. The first kappa shape index (κ1) is 14.3. The lowest BCUT2D eigenvalue weighted by molar-refractivity contribution is 0.0369. The normalized spacial score (nSPS) is 16.2. The SMILES string of the molecule is Cc1ccccc1-c1nccn1CCCN1CCOCC1. The molecule has 1 aliphatic rings. The van der Waals surface area contributed by atoms with E-state index >= 15 is 0 Å². The van der Waals surface area contributed by atoms with Gasteiger partial charge in [0.1, 0.15) is 5.82 Å². The minimum absolute atomic E-state index is 0.875. The lowest BCUT2D eigenvalue weighted by Crippen LogP contribution is -2.37. The first-order valence-corrected chi connectivity index (χ1v) is 7.72. The van der Waals surface area contributed by atoms with Crippen LogP contribution in [0.25, 0.3) is 11.4 Å². The Labute approximate surface area is 126 Å². The van der Waals surface area contributed by atoms with Gasteiger partial charge in [0.25, 0.3) is 0 Å². The molecule has 0 aliphatic carbocycles. The number of hydrogen-bond donors (Lipinski definition) is 0. The van der Waals surface area contributed by atoms with Crippen LogP contribution >= 0.6 is 0 Å². The van der Waals surface area contributed by atoms with Crippen molar-refractivity contribution in [3.05, 3.63) is 42.2 Å². The summed E-state index contributed by atoms with van der Waals surface area (Å²) in [5.74, 6) is 1.08. The number of imidazole rings is 1. The summed E-state index contributed by atoms with van der Waals surface area (Å²) in [6.45, 7) is 8.17. The van der Waals surface area contributed by atoms with Crippen molar-refractivity contribution in [1.82, 2.24) is 14.5 Å². The molecule has 112 valence electrons. The van der Waals surface area contributed by atoms with E-state index in [-0.39, 0.29) is 0 Å². The third kappa shape index (κ3) is 3.52. The van der Waals surface area contributed by atoms with E-state index in [1.807, 2.05) is 6.20 Å². The number of morpholine rings is 1. The zero-order valence-corrected chi connectivity index (χ0v) is 12.7. The van der Waals surface area contributed by atoms with E-state index in [2.05, 4.69) is 51.8 Å². The number of ether oxygens (including phenoxy) is 1. The zero-order valence-electron chi connectivity index (χ0n) is 12.7. The number of nitrogens with zero attached hydrogens (tertiary/aromatic N) is 3. The van der Waals surface area contributed by atoms with Crippen molar-refractivity contribution in [2.45, 2.75) is 19.9 Å². The van der Waals surface area contributed by atoms with Crippen LogP contribution in [0, 0.1) is 6.92 Å². The minimum Gasteiger partial charge on any atom is -0.379 e. The Morgan fingerprint density at radius 3 is 2.76 bits per heavy atom. The quantitative estimate of drug-likeness (QED) is 0.846. The van der Waals surface area contributed by atoms with Crippen molar-refractivity contribution < 1.29 is 4.74 Å². The number of aromatic nitrogens is 2. The molecule has 0 radical (unpaired) electrons. The molecule has 21 heavy (non-hydrogen) atoms. The van der Waals surface area contributed by atoms with E-state index in [0.29, 0.717) is 0 Å². The molecule has 0 unspecified atom stereocenters. The molecule has 0 spiro atoms. The Morgan fingerprint density at radius 1 is 1.14 bits per heavy atom. The number of aryl methyl sites for hydroxylation is 2. The topological polar surface area (TPSA) is 30.3 Å². The largest absolute Gasteiger partial charge is 0.379 e. The third-order valence-corrected chi connectivity index (χ3v) is 4.08. The molecule has 0 atom stereocenters. The summed E-state index contributed by atoms with van der Waals surface area (Å²) in [6, 6.07) is 8.44. The van der Waals surface area contributed by atoms with Crippen molar-refractivity contribution in [3.8, 4) is 11.4 Å². The van der Waals surface area contributed by atoms with Gasteiger partial charge in [-0.1, -0.05) is 24.3 Å². The Hall–Kier alpha value is -1.65. The van der Waals surface area contributed by atoms with Gasteiger partial charge in [0, 0.05) is 44.1 Å². The van der Waals surface area contributed by atoms with Gasteiger partial charge in [0.15, 0.2) is 0 Å². The van der Waals surface area contributed by atoms with Gasteiger partial charge < -0.3 is 9.30 Å². The second-order valence-electron chi connectivity index (χ2n) is 5.57. The van der Waals surface area contributed by atoms with Crippen LogP contribution in [0.1, 0.15) is 12.0 Å². The van der Waals surface area contributed by atoms with Crippen LogP contribution in [-0.4, -0.2) is 47.3 Å². The number of benzene rings is 1. The monoisotopic (exact) mass is 285 g/mol. The van der Waals surface area contributed by atoms with E-state index < -0.39 is 0 Å². The molecule has 2 aromatic rings. The first-order valence-electron chi connectivity index (χ1n) is 7.72. The highest BCUT2D eigenvalue weighted by Crippen LogP contribution is 2.21. The molecular weight excluding hydrogens is 262 g/mol. The maximum atomic E-state index is 5.39. The van der Waals surface area contributed by atoms with Crippen LogP contribution in [0.5, 0.6) is 0 Å². The smallest absolute Gasteiger partial charge is 0.140 e. The molecule has 1 fully saturated rings. The predicted octanol–water partition coefficient (Wildman–Crippen LogP) is 2.58. The molecule has 1 aliphatic heterocycles. The first-order chi connectivity index (χ1) is 10.3. The van der Waals surface area contributed by atoms with E-state index in [0.717, 1.165) is 51.6 Å². The van der Waals surface area contributed by atoms with Gasteiger partial charge in [0.05, 0.1) is 13.2 Å². The van der Waals surface area contributed by atoms with Gasteiger partial charge >= 0.3 is 0 Å². The average molecular weight is 285 g/mol. The summed E-state index contributed by atoms with van der Waals surface area (Å²) in [7, 11) is 0. The molecule has 4 nitrogen and oxygen atoms in total. The highest BCUT2D eigenvalue weighted by Gasteiger charge is 2.11. The van der Waals surface area contributed by atoms with Crippen molar-refractivity contribution in [3.63, 3.8) is 0 Å².